The summed E-state index contributed by atoms with van der Waals surface area (Å²) in [6, 6.07) is 0.649. The van der Waals surface area contributed by atoms with Gasteiger partial charge in [0.15, 0.2) is 0 Å². The molecule has 4 N–H and O–H groups in total. The lowest BCUT2D eigenvalue weighted by Crippen LogP contribution is -2.46. The molecule has 0 bridgehead atoms. The minimum atomic E-state index is -0.0856. The van der Waals surface area contributed by atoms with Crippen LogP contribution in [0.3, 0.4) is 0 Å². The standard InChI is InChI=1S/C10H23N3.ClH/c1-8-4-9(5-11)6-13(8)7-10(2,3)12;/h8-9H,4-7,11-12H2,1-3H3;1H. The Labute approximate surface area is 93.6 Å². The van der Waals surface area contributed by atoms with Crippen LogP contribution in [0.1, 0.15) is 27.2 Å². The number of nitrogens with two attached hydrogens (primary N) is 2. The van der Waals surface area contributed by atoms with Gasteiger partial charge in [-0.15, -0.1) is 12.4 Å². The number of rotatable bonds is 3. The van der Waals surface area contributed by atoms with Crippen molar-refractivity contribution in [3.8, 4) is 0 Å². The first-order chi connectivity index (χ1) is 5.92. The summed E-state index contributed by atoms with van der Waals surface area (Å²) in [7, 11) is 0. The molecular formula is C10H24ClN3. The molecule has 1 aliphatic heterocycles. The molecule has 4 heteroatoms. The SMILES string of the molecule is CC1CC(CN)CN1CC(C)(C)N.Cl. The molecule has 0 saturated carbocycles. The maximum atomic E-state index is 5.99. The van der Waals surface area contributed by atoms with Crippen molar-refractivity contribution in [2.45, 2.75) is 38.8 Å². The largest absolute Gasteiger partial charge is 0.330 e. The average Bonchev–Trinajstić information content (AvgIpc) is 2.29. The molecule has 0 aliphatic carbocycles. The highest BCUT2D eigenvalue weighted by Crippen LogP contribution is 2.23. The first-order valence-electron chi connectivity index (χ1n) is 5.15. The van der Waals surface area contributed by atoms with Gasteiger partial charge in [-0.3, -0.25) is 4.90 Å². The third-order valence-electron chi connectivity index (χ3n) is 2.73. The zero-order valence-corrected chi connectivity index (χ0v) is 10.3. The van der Waals surface area contributed by atoms with E-state index in [0.717, 1.165) is 19.6 Å². The maximum Gasteiger partial charge on any atom is 0.0226 e. The van der Waals surface area contributed by atoms with E-state index >= 15 is 0 Å². The summed E-state index contributed by atoms with van der Waals surface area (Å²) in [6.45, 7) is 9.33. The van der Waals surface area contributed by atoms with Gasteiger partial charge in [-0.1, -0.05) is 0 Å². The van der Waals surface area contributed by atoms with Gasteiger partial charge in [0, 0.05) is 24.7 Å². The molecule has 3 nitrogen and oxygen atoms in total. The Morgan fingerprint density at radius 1 is 1.43 bits per heavy atom. The lowest BCUT2D eigenvalue weighted by atomic mass is 10.1. The Bertz CT molecular complexity index is 167. The fraction of sp³-hybridized carbons (Fsp3) is 1.00. The molecule has 0 aromatic rings. The summed E-state index contributed by atoms with van der Waals surface area (Å²) >= 11 is 0. The van der Waals surface area contributed by atoms with Crippen molar-refractivity contribution in [3.63, 3.8) is 0 Å². The number of hydrogen-bond donors (Lipinski definition) is 2. The Kier molecular flexibility index (Phi) is 5.37. The zero-order valence-electron chi connectivity index (χ0n) is 9.49. The van der Waals surface area contributed by atoms with Crippen LogP contribution in [0, 0.1) is 5.92 Å². The summed E-state index contributed by atoms with van der Waals surface area (Å²) in [5.41, 5.74) is 11.6. The summed E-state index contributed by atoms with van der Waals surface area (Å²) in [4.78, 5) is 2.46. The van der Waals surface area contributed by atoms with Gasteiger partial charge in [-0.05, 0) is 39.7 Å². The molecule has 2 unspecified atom stereocenters. The van der Waals surface area contributed by atoms with Gasteiger partial charge in [-0.25, -0.2) is 0 Å². The van der Waals surface area contributed by atoms with Gasteiger partial charge < -0.3 is 11.5 Å². The molecule has 0 radical (unpaired) electrons. The molecule has 86 valence electrons. The number of halogens is 1. The average molecular weight is 222 g/mol. The van der Waals surface area contributed by atoms with Gasteiger partial charge in [0.1, 0.15) is 0 Å². The fourth-order valence-electron chi connectivity index (χ4n) is 2.13. The minimum absolute atomic E-state index is 0. The van der Waals surface area contributed by atoms with E-state index in [9.17, 15) is 0 Å². The Morgan fingerprint density at radius 3 is 2.36 bits per heavy atom. The molecule has 0 amide bonds. The van der Waals surface area contributed by atoms with Crippen molar-refractivity contribution in [1.82, 2.24) is 4.90 Å². The van der Waals surface area contributed by atoms with Crippen molar-refractivity contribution in [2.24, 2.45) is 17.4 Å². The number of nitrogens with zero attached hydrogens (tertiary/aromatic N) is 1. The monoisotopic (exact) mass is 221 g/mol. The predicted molar refractivity (Wildman–Crippen MR) is 63.7 cm³/mol. The van der Waals surface area contributed by atoms with Crippen LogP contribution in [-0.2, 0) is 0 Å². The summed E-state index contributed by atoms with van der Waals surface area (Å²) in [6.07, 6.45) is 1.23. The van der Waals surface area contributed by atoms with Gasteiger partial charge in [0.25, 0.3) is 0 Å². The highest BCUT2D eigenvalue weighted by molar-refractivity contribution is 5.85. The summed E-state index contributed by atoms with van der Waals surface area (Å²) in [5, 5.41) is 0. The van der Waals surface area contributed by atoms with Gasteiger partial charge in [0.2, 0.25) is 0 Å². The van der Waals surface area contributed by atoms with E-state index in [1.165, 1.54) is 6.42 Å². The molecule has 1 rings (SSSR count). The molecule has 1 saturated heterocycles. The molecule has 0 aromatic heterocycles. The van der Waals surface area contributed by atoms with Crippen LogP contribution in [0.4, 0.5) is 0 Å². The van der Waals surface area contributed by atoms with Gasteiger partial charge in [0.05, 0.1) is 0 Å². The molecule has 14 heavy (non-hydrogen) atoms. The van der Waals surface area contributed by atoms with E-state index in [1.54, 1.807) is 0 Å². The molecule has 0 spiro atoms. The van der Waals surface area contributed by atoms with Crippen molar-refractivity contribution >= 4 is 12.4 Å². The van der Waals surface area contributed by atoms with Crippen LogP contribution in [0.5, 0.6) is 0 Å². The molecule has 1 fully saturated rings. The van der Waals surface area contributed by atoms with E-state index < -0.39 is 0 Å². The lowest BCUT2D eigenvalue weighted by molar-refractivity contribution is 0.217. The minimum Gasteiger partial charge on any atom is -0.330 e. The second-order valence-corrected chi connectivity index (χ2v) is 5.10. The normalized spacial score (nSPS) is 28.9. The van der Waals surface area contributed by atoms with Crippen molar-refractivity contribution in [2.75, 3.05) is 19.6 Å². The first-order valence-corrected chi connectivity index (χ1v) is 5.15. The Morgan fingerprint density at radius 2 is 2.00 bits per heavy atom. The van der Waals surface area contributed by atoms with E-state index in [1.807, 2.05) is 0 Å². The quantitative estimate of drug-likeness (QED) is 0.742. The molecule has 1 aliphatic rings. The second kappa shape index (κ2) is 5.31. The third kappa shape index (κ3) is 4.13. The zero-order chi connectivity index (χ0) is 10.1. The van der Waals surface area contributed by atoms with Crippen LogP contribution >= 0.6 is 12.4 Å². The second-order valence-electron chi connectivity index (χ2n) is 5.10. The Hall–Kier alpha value is 0.170. The topological polar surface area (TPSA) is 55.3 Å². The lowest BCUT2D eigenvalue weighted by Gasteiger charge is -2.29. The first kappa shape index (κ1) is 14.2. The van der Waals surface area contributed by atoms with E-state index in [0.29, 0.717) is 12.0 Å². The smallest absolute Gasteiger partial charge is 0.0226 e. The van der Waals surface area contributed by atoms with E-state index in [4.69, 9.17) is 11.5 Å². The van der Waals surface area contributed by atoms with Crippen molar-refractivity contribution < 1.29 is 0 Å². The van der Waals surface area contributed by atoms with Crippen LogP contribution < -0.4 is 11.5 Å². The summed E-state index contributed by atoms with van der Waals surface area (Å²) < 4.78 is 0. The van der Waals surface area contributed by atoms with Crippen LogP contribution in [0.25, 0.3) is 0 Å². The fourth-order valence-corrected chi connectivity index (χ4v) is 2.13. The molecular weight excluding hydrogens is 198 g/mol. The van der Waals surface area contributed by atoms with Gasteiger partial charge >= 0.3 is 0 Å². The third-order valence-corrected chi connectivity index (χ3v) is 2.73. The molecule has 0 aromatic carbocycles. The number of likely N-dealkylation sites (tertiary alicyclic amines) is 1. The Balaban J connectivity index is 0.00000169. The highest BCUT2D eigenvalue weighted by Gasteiger charge is 2.30. The van der Waals surface area contributed by atoms with E-state index in [-0.39, 0.29) is 17.9 Å². The summed E-state index contributed by atoms with van der Waals surface area (Å²) in [5.74, 6) is 0.678. The van der Waals surface area contributed by atoms with Crippen LogP contribution in [-0.4, -0.2) is 36.1 Å². The van der Waals surface area contributed by atoms with Crippen LogP contribution in [0.15, 0.2) is 0 Å². The van der Waals surface area contributed by atoms with Crippen molar-refractivity contribution in [3.05, 3.63) is 0 Å². The van der Waals surface area contributed by atoms with Crippen molar-refractivity contribution in [1.29, 1.82) is 0 Å². The maximum absolute atomic E-state index is 5.99. The van der Waals surface area contributed by atoms with Crippen LogP contribution in [0.2, 0.25) is 0 Å². The predicted octanol–water partition coefficient (Wildman–Crippen LogP) is 0.815. The molecule has 1 heterocycles. The highest BCUT2D eigenvalue weighted by atomic mass is 35.5. The number of hydrogen-bond acceptors (Lipinski definition) is 3. The molecule has 2 atom stereocenters. The van der Waals surface area contributed by atoms with Gasteiger partial charge in [-0.2, -0.15) is 0 Å². The van der Waals surface area contributed by atoms with E-state index in [2.05, 4.69) is 25.7 Å².